The Kier molecular flexibility index (Phi) is 6.84. The molecule has 1 aliphatic carbocycles. The Hall–Kier alpha value is -2.12. The largest absolute Gasteiger partial charge is 0.478 e. The fourth-order valence-corrected chi connectivity index (χ4v) is 3.21. The van der Waals surface area contributed by atoms with Crippen LogP contribution in [-0.2, 0) is 4.79 Å². The standard InChI is InChI=1S/C19H21F5O3/c20-18(21,22)12-11-14-1-6-15(7-2-14)19(23,24)27-16-8-3-13(4-9-16)5-10-17(25)26/h3-5,8-10,14-15H,1-2,6-7,11-12H2,(H,25,26)/b10-5+. The number of hydrogen-bond acceptors (Lipinski definition) is 2. The zero-order chi connectivity index (χ0) is 20.1. The van der Waals surface area contributed by atoms with Crippen LogP contribution in [0.15, 0.2) is 30.3 Å². The summed E-state index contributed by atoms with van der Waals surface area (Å²) in [5.74, 6) is -2.38. The molecule has 0 aromatic heterocycles. The Morgan fingerprint density at radius 2 is 1.67 bits per heavy atom. The Labute approximate surface area is 153 Å². The molecule has 0 spiro atoms. The third kappa shape index (κ3) is 7.19. The lowest BCUT2D eigenvalue weighted by atomic mass is 9.79. The quantitative estimate of drug-likeness (QED) is 0.464. The summed E-state index contributed by atoms with van der Waals surface area (Å²) in [6.07, 6.45) is -5.36. The number of rotatable bonds is 7. The van der Waals surface area contributed by atoms with Gasteiger partial charge in [-0.2, -0.15) is 22.0 Å². The van der Waals surface area contributed by atoms with Crippen molar-refractivity contribution in [3.63, 3.8) is 0 Å². The first-order chi connectivity index (χ1) is 12.5. The average Bonchev–Trinajstić information content (AvgIpc) is 2.59. The molecule has 1 aromatic rings. The maximum Gasteiger partial charge on any atom is 0.400 e. The minimum Gasteiger partial charge on any atom is -0.478 e. The van der Waals surface area contributed by atoms with Crippen molar-refractivity contribution >= 4 is 12.0 Å². The molecule has 0 atom stereocenters. The van der Waals surface area contributed by atoms with Crippen molar-refractivity contribution < 1.29 is 36.6 Å². The van der Waals surface area contributed by atoms with Gasteiger partial charge in [-0.15, -0.1) is 0 Å². The summed E-state index contributed by atoms with van der Waals surface area (Å²) in [6.45, 7) is 0. The van der Waals surface area contributed by atoms with Crippen molar-refractivity contribution in [2.24, 2.45) is 11.8 Å². The molecule has 2 rings (SSSR count). The van der Waals surface area contributed by atoms with Crippen molar-refractivity contribution in [3.8, 4) is 5.75 Å². The van der Waals surface area contributed by atoms with Crippen LogP contribution in [0, 0.1) is 11.8 Å². The first-order valence-electron chi connectivity index (χ1n) is 8.70. The van der Waals surface area contributed by atoms with Gasteiger partial charge in [0.05, 0.1) is 5.92 Å². The molecular formula is C19H21F5O3. The van der Waals surface area contributed by atoms with Crippen LogP contribution in [0.1, 0.15) is 44.1 Å². The molecule has 0 saturated heterocycles. The predicted molar refractivity (Wildman–Crippen MR) is 89.4 cm³/mol. The number of aliphatic carboxylic acids is 1. The third-order valence-corrected chi connectivity index (χ3v) is 4.71. The Morgan fingerprint density at radius 3 is 2.19 bits per heavy atom. The van der Waals surface area contributed by atoms with Crippen molar-refractivity contribution in [1.29, 1.82) is 0 Å². The first kappa shape index (κ1) is 21.2. The monoisotopic (exact) mass is 392 g/mol. The Balaban J connectivity index is 1.87. The summed E-state index contributed by atoms with van der Waals surface area (Å²) in [6, 6.07) is 5.56. The van der Waals surface area contributed by atoms with Gasteiger partial charge in [-0.05, 0) is 61.8 Å². The van der Waals surface area contributed by atoms with Gasteiger partial charge in [0.25, 0.3) is 0 Å². The molecule has 0 heterocycles. The van der Waals surface area contributed by atoms with Gasteiger partial charge in [-0.25, -0.2) is 4.79 Å². The van der Waals surface area contributed by atoms with E-state index in [4.69, 9.17) is 9.84 Å². The highest BCUT2D eigenvalue weighted by atomic mass is 19.4. The average molecular weight is 392 g/mol. The van der Waals surface area contributed by atoms with E-state index in [0.717, 1.165) is 6.08 Å². The molecule has 0 radical (unpaired) electrons. The van der Waals surface area contributed by atoms with Crippen molar-refractivity contribution in [1.82, 2.24) is 0 Å². The van der Waals surface area contributed by atoms with Gasteiger partial charge in [0, 0.05) is 12.5 Å². The van der Waals surface area contributed by atoms with Gasteiger partial charge in [-0.3, -0.25) is 0 Å². The maximum absolute atomic E-state index is 14.4. The van der Waals surface area contributed by atoms with E-state index in [1.165, 1.54) is 30.3 Å². The molecule has 0 unspecified atom stereocenters. The lowest BCUT2D eigenvalue weighted by Crippen LogP contribution is -2.37. The van der Waals surface area contributed by atoms with Gasteiger partial charge in [-0.1, -0.05) is 12.1 Å². The zero-order valence-corrected chi connectivity index (χ0v) is 14.5. The highest BCUT2D eigenvalue weighted by Crippen LogP contribution is 2.42. The minimum absolute atomic E-state index is 0.0199. The molecule has 8 heteroatoms. The number of carbonyl (C=O) groups is 1. The lowest BCUT2D eigenvalue weighted by Gasteiger charge is -2.33. The number of benzene rings is 1. The van der Waals surface area contributed by atoms with E-state index in [1.54, 1.807) is 0 Å². The van der Waals surface area contributed by atoms with E-state index in [2.05, 4.69) is 0 Å². The molecule has 1 fully saturated rings. The summed E-state index contributed by atoms with van der Waals surface area (Å²) in [5, 5.41) is 8.55. The highest BCUT2D eigenvalue weighted by Gasteiger charge is 2.44. The molecule has 27 heavy (non-hydrogen) atoms. The molecular weight excluding hydrogens is 371 g/mol. The van der Waals surface area contributed by atoms with E-state index in [9.17, 15) is 26.7 Å². The Morgan fingerprint density at radius 1 is 1.07 bits per heavy atom. The SMILES string of the molecule is O=C(O)/C=C/c1ccc(OC(F)(F)C2CCC(CCC(F)(F)F)CC2)cc1. The van der Waals surface area contributed by atoms with Crippen LogP contribution >= 0.6 is 0 Å². The number of halogens is 5. The third-order valence-electron chi connectivity index (χ3n) is 4.71. The van der Waals surface area contributed by atoms with Crippen LogP contribution in [-0.4, -0.2) is 23.4 Å². The van der Waals surface area contributed by atoms with E-state index in [-0.39, 0.29) is 30.9 Å². The zero-order valence-electron chi connectivity index (χ0n) is 14.5. The second kappa shape index (κ2) is 8.71. The fraction of sp³-hybridized carbons (Fsp3) is 0.526. The predicted octanol–water partition coefficient (Wildman–Crippen LogP) is 5.90. The molecule has 0 amide bonds. The molecule has 1 aliphatic rings. The van der Waals surface area contributed by atoms with Crippen molar-refractivity contribution in [3.05, 3.63) is 35.9 Å². The summed E-state index contributed by atoms with van der Waals surface area (Å²) in [7, 11) is 0. The topological polar surface area (TPSA) is 46.5 Å². The van der Waals surface area contributed by atoms with E-state index in [0.29, 0.717) is 18.4 Å². The van der Waals surface area contributed by atoms with E-state index < -0.39 is 30.6 Å². The molecule has 0 bridgehead atoms. The van der Waals surface area contributed by atoms with Crippen LogP contribution < -0.4 is 4.74 Å². The van der Waals surface area contributed by atoms with E-state index >= 15 is 0 Å². The first-order valence-corrected chi connectivity index (χ1v) is 8.70. The van der Waals surface area contributed by atoms with Crippen LogP contribution in [0.3, 0.4) is 0 Å². The van der Waals surface area contributed by atoms with E-state index in [1.807, 2.05) is 0 Å². The second-order valence-corrected chi connectivity index (χ2v) is 6.78. The van der Waals surface area contributed by atoms with Crippen molar-refractivity contribution in [2.45, 2.75) is 50.8 Å². The second-order valence-electron chi connectivity index (χ2n) is 6.78. The summed E-state index contributed by atoms with van der Waals surface area (Å²) in [5.41, 5.74) is 0.526. The minimum atomic E-state index is -4.21. The smallest absolute Gasteiger partial charge is 0.400 e. The van der Waals surface area contributed by atoms with Crippen molar-refractivity contribution in [2.75, 3.05) is 0 Å². The normalized spacial score (nSPS) is 21.4. The van der Waals surface area contributed by atoms with Gasteiger partial charge in [0.2, 0.25) is 0 Å². The number of alkyl halides is 5. The van der Waals surface area contributed by atoms with Crippen LogP contribution in [0.25, 0.3) is 6.08 Å². The molecule has 1 saturated carbocycles. The van der Waals surface area contributed by atoms with Crippen LogP contribution in [0.5, 0.6) is 5.75 Å². The van der Waals surface area contributed by atoms with Gasteiger partial charge in [0.1, 0.15) is 5.75 Å². The summed E-state index contributed by atoms with van der Waals surface area (Å²) >= 11 is 0. The number of hydrogen-bond donors (Lipinski definition) is 1. The molecule has 150 valence electrons. The molecule has 1 aromatic carbocycles. The van der Waals surface area contributed by atoms with Gasteiger partial charge in [0.15, 0.2) is 0 Å². The molecule has 3 nitrogen and oxygen atoms in total. The van der Waals surface area contributed by atoms with Gasteiger partial charge < -0.3 is 9.84 Å². The van der Waals surface area contributed by atoms with Crippen LogP contribution in [0.4, 0.5) is 22.0 Å². The lowest BCUT2D eigenvalue weighted by molar-refractivity contribution is -0.224. The number of carboxylic acids is 1. The number of carboxylic acid groups (broad SMARTS) is 1. The summed E-state index contributed by atoms with van der Waals surface area (Å²) in [4.78, 5) is 10.4. The fourth-order valence-electron chi connectivity index (χ4n) is 3.21. The van der Waals surface area contributed by atoms with Gasteiger partial charge >= 0.3 is 18.3 Å². The maximum atomic E-state index is 14.4. The number of ether oxygens (including phenoxy) is 1. The highest BCUT2D eigenvalue weighted by molar-refractivity contribution is 5.85. The van der Waals surface area contributed by atoms with Crippen LogP contribution in [0.2, 0.25) is 0 Å². The Bertz CT molecular complexity index is 644. The molecule has 0 aliphatic heterocycles. The molecule has 1 N–H and O–H groups in total. The summed E-state index contributed by atoms with van der Waals surface area (Å²) < 4.78 is 70.3.